The number of nitrogens with zero attached hydrogens (tertiary/aromatic N) is 1. The highest BCUT2D eigenvalue weighted by Crippen LogP contribution is 2.38. The van der Waals surface area contributed by atoms with Crippen molar-refractivity contribution in [2.75, 3.05) is 12.4 Å². The molecule has 0 aliphatic heterocycles. The van der Waals surface area contributed by atoms with E-state index in [1.54, 1.807) is 11.3 Å². The van der Waals surface area contributed by atoms with Crippen LogP contribution < -0.4 is 5.32 Å². The van der Waals surface area contributed by atoms with Gasteiger partial charge in [-0.2, -0.15) is 0 Å². The van der Waals surface area contributed by atoms with Crippen LogP contribution in [0.25, 0.3) is 0 Å². The van der Waals surface area contributed by atoms with Gasteiger partial charge >= 0.3 is 0 Å². The van der Waals surface area contributed by atoms with Crippen molar-refractivity contribution >= 4 is 22.9 Å². The second kappa shape index (κ2) is 5.48. The van der Waals surface area contributed by atoms with Crippen LogP contribution in [0.15, 0.2) is 5.38 Å². The molecule has 1 aromatic rings. The Bertz CT molecular complexity index is 332. The molecule has 0 aromatic carbocycles. The molecule has 1 aliphatic carbocycles. The molecule has 0 atom stereocenters. The van der Waals surface area contributed by atoms with E-state index in [2.05, 4.69) is 15.7 Å². The smallest absolute Gasteiger partial charge is 0.0897 e. The van der Waals surface area contributed by atoms with Crippen LogP contribution in [0.5, 0.6) is 0 Å². The van der Waals surface area contributed by atoms with Gasteiger partial charge in [-0.05, 0) is 25.2 Å². The summed E-state index contributed by atoms with van der Waals surface area (Å²) in [5.41, 5.74) is 1.51. The van der Waals surface area contributed by atoms with Crippen LogP contribution in [-0.4, -0.2) is 17.4 Å². The number of alkyl halides is 1. The highest BCUT2D eigenvalue weighted by Gasteiger charge is 2.32. The van der Waals surface area contributed by atoms with Gasteiger partial charge in [-0.1, -0.05) is 12.8 Å². The minimum Gasteiger partial charge on any atom is -0.311 e. The number of thiazole rings is 1. The molecule has 0 spiro atoms. The van der Waals surface area contributed by atoms with Crippen LogP contribution in [-0.2, 0) is 6.54 Å². The highest BCUT2D eigenvalue weighted by atomic mass is 35.5. The monoisotopic (exact) mass is 258 g/mol. The Morgan fingerprint density at radius 2 is 2.25 bits per heavy atom. The third-order valence-corrected chi connectivity index (χ3v) is 4.81. The first-order valence-corrected chi connectivity index (χ1v) is 7.33. The lowest BCUT2D eigenvalue weighted by Gasteiger charge is -2.26. The molecular formula is C12H19ClN2S. The zero-order valence-electron chi connectivity index (χ0n) is 9.76. The fourth-order valence-electron chi connectivity index (χ4n) is 2.43. The van der Waals surface area contributed by atoms with Crippen LogP contribution in [0.1, 0.15) is 36.4 Å². The average Bonchev–Trinajstić information content (AvgIpc) is 2.89. The number of hydrogen-bond acceptors (Lipinski definition) is 3. The third-order valence-electron chi connectivity index (χ3n) is 3.42. The number of aromatic nitrogens is 1. The summed E-state index contributed by atoms with van der Waals surface area (Å²) in [5, 5.41) is 6.78. The highest BCUT2D eigenvalue weighted by molar-refractivity contribution is 7.09. The molecule has 0 bridgehead atoms. The molecule has 0 amide bonds. The Morgan fingerprint density at radius 1 is 1.50 bits per heavy atom. The summed E-state index contributed by atoms with van der Waals surface area (Å²) >= 11 is 7.81. The summed E-state index contributed by atoms with van der Waals surface area (Å²) in [6, 6.07) is 0. The van der Waals surface area contributed by atoms with Crippen molar-refractivity contribution < 1.29 is 0 Å². The number of nitrogens with one attached hydrogen (secondary N) is 1. The standard InChI is InChI=1S/C12H19ClN2S/c1-10-15-11(7-16-10)6-14-9-12(8-13)4-2-3-5-12/h7,14H,2-6,8-9H2,1H3. The van der Waals surface area contributed by atoms with Gasteiger partial charge in [-0.15, -0.1) is 22.9 Å². The van der Waals surface area contributed by atoms with Gasteiger partial charge in [-0.3, -0.25) is 0 Å². The maximum atomic E-state index is 6.10. The van der Waals surface area contributed by atoms with Crippen molar-refractivity contribution in [1.82, 2.24) is 10.3 Å². The van der Waals surface area contributed by atoms with Gasteiger partial charge in [0.1, 0.15) is 0 Å². The van der Waals surface area contributed by atoms with Crippen LogP contribution in [0.3, 0.4) is 0 Å². The van der Waals surface area contributed by atoms with Crippen LogP contribution >= 0.6 is 22.9 Å². The van der Waals surface area contributed by atoms with E-state index in [4.69, 9.17) is 11.6 Å². The lowest BCUT2D eigenvalue weighted by atomic mass is 9.88. The van der Waals surface area contributed by atoms with Gasteiger partial charge in [0.15, 0.2) is 0 Å². The summed E-state index contributed by atoms with van der Waals surface area (Å²) in [6.07, 6.45) is 5.23. The van der Waals surface area contributed by atoms with Crippen molar-refractivity contribution in [3.63, 3.8) is 0 Å². The van der Waals surface area contributed by atoms with Crippen LogP contribution in [0.2, 0.25) is 0 Å². The molecule has 2 nitrogen and oxygen atoms in total. The third kappa shape index (κ3) is 2.96. The van der Waals surface area contributed by atoms with E-state index >= 15 is 0 Å². The van der Waals surface area contributed by atoms with Crippen molar-refractivity contribution in [1.29, 1.82) is 0 Å². The van der Waals surface area contributed by atoms with Gasteiger partial charge in [0.05, 0.1) is 10.7 Å². The normalized spacial score (nSPS) is 19.1. The second-order valence-electron chi connectivity index (χ2n) is 4.80. The predicted molar refractivity (Wildman–Crippen MR) is 70.2 cm³/mol. The van der Waals surface area contributed by atoms with Gasteiger partial charge in [0.2, 0.25) is 0 Å². The molecule has 16 heavy (non-hydrogen) atoms. The number of rotatable bonds is 5. The maximum Gasteiger partial charge on any atom is 0.0897 e. The first-order valence-electron chi connectivity index (χ1n) is 5.92. The topological polar surface area (TPSA) is 24.9 Å². The Balaban J connectivity index is 1.78. The number of aryl methyl sites for hydroxylation is 1. The molecule has 0 radical (unpaired) electrons. The van der Waals surface area contributed by atoms with E-state index in [-0.39, 0.29) is 0 Å². The van der Waals surface area contributed by atoms with E-state index in [0.29, 0.717) is 5.41 Å². The number of halogens is 1. The molecule has 1 aliphatic rings. The summed E-state index contributed by atoms with van der Waals surface area (Å²) < 4.78 is 0. The Labute approximate surface area is 106 Å². The molecule has 1 heterocycles. The van der Waals surface area contributed by atoms with Crippen molar-refractivity contribution in [3.05, 3.63) is 16.1 Å². The van der Waals surface area contributed by atoms with Crippen LogP contribution in [0, 0.1) is 12.3 Å². The zero-order chi connectivity index (χ0) is 11.4. The fourth-order valence-corrected chi connectivity index (χ4v) is 3.40. The minimum atomic E-state index is 0.354. The molecule has 0 saturated heterocycles. The SMILES string of the molecule is Cc1nc(CNCC2(CCl)CCCC2)cs1. The van der Waals surface area contributed by atoms with E-state index in [1.807, 2.05) is 6.92 Å². The van der Waals surface area contributed by atoms with Gasteiger partial charge in [0.25, 0.3) is 0 Å². The summed E-state index contributed by atoms with van der Waals surface area (Å²) in [5.74, 6) is 0.788. The molecule has 0 unspecified atom stereocenters. The lowest BCUT2D eigenvalue weighted by molar-refractivity contribution is 0.320. The van der Waals surface area contributed by atoms with Gasteiger partial charge < -0.3 is 5.32 Å². The van der Waals surface area contributed by atoms with Crippen molar-refractivity contribution in [2.45, 2.75) is 39.2 Å². The molecule has 1 N–H and O–H groups in total. The molecule has 4 heteroatoms. The fraction of sp³-hybridized carbons (Fsp3) is 0.750. The molecular weight excluding hydrogens is 240 g/mol. The zero-order valence-corrected chi connectivity index (χ0v) is 11.3. The van der Waals surface area contributed by atoms with Crippen LogP contribution in [0.4, 0.5) is 0 Å². The molecule has 1 saturated carbocycles. The van der Waals surface area contributed by atoms with E-state index in [0.717, 1.165) is 29.7 Å². The van der Waals surface area contributed by atoms with E-state index in [1.165, 1.54) is 25.7 Å². The number of hydrogen-bond donors (Lipinski definition) is 1. The first-order chi connectivity index (χ1) is 7.74. The Kier molecular flexibility index (Phi) is 4.22. The predicted octanol–water partition coefficient (Wildman–Crippen LogP) is 3.34. The maximum absolute atomic E-state index is 6.10. The van der Waals surface area contributed by atoms with Gasteiger partial charge in [0, 0.05) is 24.3 Å². The molecule has 1 fully saturated rings. The quantitative estimate of drug-likeness (QED) is 0.820. The van der Waals surface area contributed by atoms with Gasteiger partial charge in [-0.25, -0.2) is 4.98 Å². The summed E-state index contributed by atoms with van der Waals surface area (Å²) in [6.45, 7) is 3.96. The van der Waals surface area contributed by atoms with E-state index in [9.17, 15) is 0 Å². The molecule has 90 valence electrons. The largest absolute Gasteiger partial charge is 0.311 e. The van der Waals surface area contributed by atoms with Crippen molar-refractivity contribution in [3.8, 4) is 0 Å². The Hall–Kier alpha value is -0.120. The van der Waals surface area contributed by atoms with E-state index < -0.39 is 0 Å². The van der Waals surface area contributed by atoms with Crippen molar-refractivity contribution in [2.24, 2.45) is 5.41 Å². The Morgan fingerprint density at radius 3 is 2.81 bits per heavy atom. The summed E-state index contributed by atoms with van der Waals surface area (Å²) in [7, 11) is 0. The minimum absolute atomic E-state index is 0.354. The lowest BCUT2D eigenvalue weighted by Crippen LogP contribution is -2.33. The first kappa shape index (κ1) is 12.3. The molecule has 2 rings (SSSR count). The second-order valence-corrected chi connectivity index (χ2v) is 6.13. The molecule has 1 aromatic heterocycles. The average molecular weight is 259 g/mol. The summed E-state index contributed by atoms with van der Waals surface area (Å²) in [4.78, 5) is 4.45.